The van der Waals surface area contributed by atoms with Gasteiger partial charge in [-0.15, -0.1) is 0 Å². The summed E-state index contributed by atoms with van der Waals surface area (Å²) in [5.41, 5.74) is 6.52. The number of halogens is 1. The highest BCUT2D eigenvalue weighted by Gasteiger charge is 2.11. The summed E-state index contributed by atoms with van der Waals surface area (Å²) >= 11 is 3.32. The van der Waals surface area contributed by atoms with Crippen molar-refractivity contribution in [2.24, 2.45) is 0 Å². The van der Waals surface area contributed by atoms with Crippen molar-refractivity contribution in [3.8, 4) is 5.75 Å². The Balaban J connectivity index is 2.18. The van der Waals surface area contributed by atoms with Crippen LogP contribution in [0.3, 0.4) is 0 Å². The number of rotatable bonds is 3. The van der Waals surface area contributed by atoms with E-state index in [1.165, 1.54) is 6.33 Å². The van der Waals surface area contributed by atoms with Crippen molar-refractivity contribution >= 4 is 21.7 Å². The summed E-state index contributed by atoms with van der Waals surface area (Å²) in [6, 6.07) is 3.58. The first-order valence-corrected chi connectivity index (χ1v) is 5.79. The highest BCUT2D eigenvalue weighted by molar-refractivity contribution is 9.10. The third kappa shape index (κ3) is 2.91. The minimum Gasteiger partial charge on any atom is -0.481 e. The van der Waals surface area contributed by atoms with Gasteiger partial charge in [-0.2, -0.15) is 0 Å². The maximum Gasteiger partial charge on any atom is 0.166 e. The third-order valence-corrected chi connectivity index (χ3v) is 2.61. The largest absolute Gasteiger partial charge is 0.481 e. The van der Waals surface area contributed by atoms with Gasteiger partial charge in [0.2, 0.25) is 0 Å². The van der Waals surface area contributed by atoms with Crippen molar-refractivity contribution in [3.05, 3.63) is 41.0 Å². The number of nitrogen functional groups attached to an aromatic ring is 1. The van der Waals surface area contributed by atoms with Crippen molar-refractivity contribution in [3.63, 3.8) is 0 Å². The molecular formula is C11H11BrN4O. The van der Waals surface area contributed by atoms with Gasteiger partial charge in [0.05, 0.1) is 5.69 Å². The summed E-state index contributed by atoms with van der Waals surface area (Å²) in [6.45, 7) is 1.89. The molecule has 2 rings (SSSR count). The molecule has 0 amide bonds. The standard InChI is InChI=1S/C11H11BrN4O/c1-7(9-2-3-14-6-16-9)17-10-4-8(12)5-15-11(10)13/h2-7H,1H3,(H2,13,15). The number of hydrogen-bond acceptors (Lipinski definition) is 5. The Hall–Kier alpha value is -1.69. The molecule has 0 aliphatic rings. The summed E-state index contributed by atoms with van der Waals surface area (Å²) in [5, 5.41) is 0. The summed E-state index contributed by atoms with van der Waals surface area (Å²) in [5.74, 6) is 0.889. The zero-order valence-electron chi connectivity index (χ0n) is 9.17. The van der Waals surface area contributed by atoms with Crippen molar-refractivity contribution in [1.29, 1.82) is 0 Å². The van der Waals surface area contributed by atoms with Crippen molar-refractivity contribution in [2.45, 2.75) is 13.0 Å². The monoisotopic (exact) mass is 294 g/mol. The fourth-order valence-electron chi connectivity index (χ4n) is 1.32. The Kier molecular flexibility index (Phi) is 3.53. The normalized spacial score (nSPS) is 12.1. The van der Waals surface area contributed by atoms with Crippen LogP contribution >= 0.6 is 15.9 Å². The fourth-order valence-corrected chi connectivity index (χ4v) is 1.63. The average molecular weight is 295 g/mol. The SMILES string of the molecule is CC(Oc1cc(Br)cnc1N)c1ccncn1. The molecule has 88 valence electrons. The van der Waals surface area contributed by atoms with Crippen LogP contribution in [0, 0.1) is 0 Å². The molecule has 0 saturated carbocycles. The first-order chi connectivity index (χ1) is 8.16. The smallest absolute Gasteiger partial charge is 0.166 e. The molecular weight excluding hydrogens is 284 g/mol. The van der Waals surface area contributed by atoms with Crippen LogP contribution in [-0.2, 0) is 0 Å². The first-order valence-electron chi connectivity index (χ1n) is 5.00. The first kappa shape index (κ1) is 11.8. The van der Waals surface area contributed by atoms with Crippen LogP contribution in [0.2, 0.25) is 0 Å². The van der Waals surface area contributed by atoms with Crippen LogP contribution in [0.4, 0.5) is 5.82 Å². The molecule has 2 N–H and O–H groups in total. The van der Waals surface area contributed by atoms with E-state index in [2.05, 4.69) is 30.9 Å². The van der Waals surface area contributed by atoms with Gasteiger partial charge < -0.3 is 10.5 Å². The third-order valence-electron chi connectivity index (χ3n) is 2.17. The second kappa shape index (κ2) is 5.09. The Morgan fingerprint density at radius 3 is 2.94 bits per heavy atom. The predicted molar refractivity (Wildman–Crippen MR) is 67.4 cm³/mol. The van der Waals surface area contributed by atoms with Crippen LogP contribution in [0.15, 0.2) is 35.3 Å². The highest BCUT2D eigenvalue weighted by Crippen LogP contribution is 2.27. The van der Waals surface area contributed by atoms with Crippen molar-refractivity contribution in [1.82, 2.24) is 15.0 Å². The van der Waals surface area contributed by atoms with Crippen LogP contribution in [0.25, 0.3) is 0 Å². The van der Waals surface area contributed by atoms with E-state index in [-0.39, 0.29) is 6.10 Å². The van der Waals surface area contributed by atoms with Gasteiger partial charge >= 0.3 is 0 Å². The highest BCUT2D eigenvalue weighted by atomic mass is 79.9. The van der Waals surface area contributed by atoms with Gasteiger partial charge in [-0.05, 0) is 35.0 Å². The Labute approximate surface area is 107 Å². The molecule has 2 heterocycles. The number of anilines is 1. The van der Waals surface area contributed by atoms with Gasteiger partial charge in [0.1, 0.15) is 12.4 Å². The lowest BCUT2D eigenvalue weighted by atomic mass is 10.3. The number of pyridine rings is 1. The number of aromatic nitrogens is 3. The molecule has 17 heavy (non-hydrogen) atoms. The Bertz CT molecular complexity index is 506. The van der Waals surface area contributed by atoms with Gasteiger partial charge in [-0.1, -0.05) is 0 Å². The molecule has 1 unspecified atom stereocenters. The number of hydrogen-bond donors (Lipinski definition) is 1. The average Bonchev–Trinajstić information content (AvgIpc) is 2.35. The second-order valence-corrected chi connectivity index (χ2v) is 4.35. The van der Waals surface area contributed by atoms with Gasteiger partial charge in [0.15, 0.2) is 11.6 Å². The number of ether oxygens (including phenoxy) is 1. The maximum atomic E-state index is 5.73. The Morgan fingerprint density at radius 2 is 2.24 bits per heavy atom. The molecule has 2 aromatic heterocycles. The quantitative estimate of drug-likeness (QED) is 0.941. The van der Waals surface area contributed by atoms with Gasteiger partial charge in [-0.3, -0.25) is 0 Å². The van der Waals surface area contributed by atoms with E-state index in [1.54, 1.807) is 24.5 Å². The molecule has 1 atom stereocenters. The van der Waals surface area contributed by atoms with E-state index in [0.717, 1.165) is 10.2 Å². The minimum absolute atomic E-state index is 0.212. The Morgan fingerprint density at radius 1 is 1.41 bits per heavy atom. The van der Waals surface area contributed by atoms with Gasteiger partial charge in [0.25, 0.3) is 0 Å². The molecule has 0 aliphatic heterocycles. The minimum atomic E-state index is -0.212. The van der Waals surface area contributed by atoms with Crippen molar-refractivity contribution < 1.29 is 4.74 Å². The number of nitrogens with zero attached hydrogens (tertiary/aromatic N) is 3. The molecule has 0 spiro atoms. The van der Waals surface area contributed by atoms with Crippen LogP contribution < -0.4 is 10.5 Å². The lowest BCUT2D eigenvalue weighted by Crippen LogP contribution is -2.07. The lowest BCUT2D eigenvalue weighted by molar-refractivity contribution is 0.222. The zero-order valence-corrected chi connectivity index (χ0v) is 10.8. The van der Waals surface area contributed by atoms with E-state index >= 15 is 0 Å². The summed E-state index contributed by atoms with van der Waals surface area (Å²) in [4.78, 5) is 12.0. The second-order valence-electron chi connectivity index (χ2n) is 3.43. The van der Waals surface area contributed by atoms with Crippen LogP contribution in [0.1, 0.15) is 18.7 Å². The summed E-state index contributed by atoms with van der Waals surface area (Å²) in [6.07, 6.45) is 4.57. The summed E-state index contributed by atoms with van der Waals surface area (Å²) < 4.78 is 6.52. The lowest BCUT2D eigenvalue weighted by Gasteiger charge is -2.14. The topological polar surface area (TPSA) is 73.9 Å². The van der Waals surface area contributed by atoms with Gasteiger partial charge in [0, 0.05) is 16.9 Å². The fraction of sp³-hybridized carbons (Fsp3) is 0.182. The zero-order chi connectivity index (χ0) is 12.3. The molecule has 0 saturated heterocycles. The predicted octanol–water partition coefficient (Wildman–Crippen LogP) is 2.36. The molecule has 6 heteroatoms. The van der Waals surface area contributed by atoms with E-state index in [0.29, 0.717) is 11.6 Å². The summed E-state index contributed by atoms with van der Waals surface area (Å²) in [7, 11) is 0. The van der Waals surface area contributed by atoms with Crippen LogP contribution in [0.5, 0.6) is 5.75 Å². The van der Waals surface area contributed by atoms with E-state index in [1.807, 2.05) is 6.92 Å². The molecule has 0 fully saturated rings. The van der Waals surface area contributed by atoms with E-state index in [9.17, 15) is 0 Å². The van der Waals surface area contributed by atoms with E-state index in [4.69, 9.17) is 10.5 Å². The number of nitrogens with two attached hydrogens (primary N) is 1. The molecule has 5 nitrogen and oxygen atoms in total. The van der Waals surface area contributed by atoms with Crippen molar-refractivity contribution in [2.75, 3.05) is 5.73 Å². The molecule has 0 aliphatic carbocycles. The molecule has 0 bridgehead atoms. The maximum absolute atomic E-state index is 5.73. The molecule has 0 radical (unpaired) electrons. The van der Waals surface area contributed by atoms with Crippen LogP contribution in [-0.4, -0.2) is 15.0 Å². The van der Waals surface area contributed by atoms with E-state index < -0.39 is 0 Å². The molecule has 0 aromatic carbocycles. The molecule has 2 aromatic rings. The van der Waals surface area contributed by atoms with Gasteiger partial charge in [-0.25, -0.2) is 15.0 Å².